The van der Waals surface area contributed by atoms with Gasteiger partial charge >= 0.3 is 12.1 Å². The summed E-state index contributed by atoms with van der Waals surface area (Å²) < 4.78 is 27.8. The Morgan fingerprint density at radius 2 is 1.42 bits per heavy atom. The Balaban J connectivity index is 5.18. The van der Waals surface area contributed by atoms with Crippen molar-refractivity contribution < 1.29 is 27.6 Å². The summed E-state index contributed by atoms with van der Waals surface area (Å²) in [7, 11) is -4.08. The SMILES string of the molecule is CC(C)(C)OC(=O)N(OC(=O)C(C)(C)C)S(C)(=O)=O. The number of amides is 1. The normalized spacial score (nSPS) is 12.8. The van der Waals surface area contributed by atoms with E-state index in [1.807, 2.05) is 0 Å². The van der Waals surface area contributed by atoms with E-state index in [2.05, 4.69) is 4.84 Å². The highest BCUT2D eigenvalue weighted by atomic mass is 32.2. The average Bonchev–Trinajstić information content (AvgIpc) is 2.06. The molecule has 0 aliphatic rings. The van der Waals surface area contributed by atoms with E-state index in [0.717, 1.165) is 6.26 Å². The molecule has 0 N–H and O–H groups in total. The second kappa shape index (κ2) is 5.36. The number of ether oxygens (including phenoxy) is 1. The fourth-order valence-electron chi connectivity index (χ4n) is 0.752. The molecule has 0 saturated carbocycles. The lowest BCUT2D eigenvalue weighted by molar-refractivity contribution is -0.176. The van der Waals surface area contributed by atoms with E-state index in [-0.39, 0.29) is 4.47 Å². The van der Waals surface area contributed by atoms with Crippen molar-refractivity contribution in [2.24, 2.45) is 5.41 Å². The summed E-state index contributed by atoms with van der Waals surface area (Å²) in [6.45, 7) is 9.30. The van der Waals surface area contributed by atoms with Crippen molar-refractivity contribution in [1.82, 2.24) is 4.47 Å². The third-order valence-electron chi connectivity index (χ3n) is 1.62. The summed E-state index contributed by atoms with van der Waals surface area (Å²) in [5.74, 6) is -0.858. The molecule has 0 saturated heterocycles. The van der Waals surface area contributed by atoms with Gasteiger partial charge in [-0.15, -0.1) is 0 Å². The van der Waals surface area contributed by atoms with Gasteiger partial charge in [-0.2, -0.15) is 0 Å². The maximum atomic E-state index is 11.7. The van der Waals surface area contributed by atoms with Crippen molar-refractivity contribution in [2.75, 3.05) is 6.26 Å². The van der Waals surface area contributed by atoms with Gasteiger partial charge in [-0.05, 0) is 46.0 Å². The van der Waals surface area contributed by atoms with Crippen molar-refractivity contribution in [3.63, 3.8) is 0 Å². The Bertz CT molecular complexity index is 455. The first kappa shape index (κ1) is 17.7. The van der Waals surface area contributed by atoms with Gasteiger partial charge in [0.05, 0.1) is 11.7 Å². The number of hydroxylamine groups is 1. The van der Waals surface area contributed by atoms with Gasteiger partial charge in [0.25, 0.3) is 10.0 Å². The minimum absolute atomic E-state index is 0.0359. The predicted molar refractivity (Wildman–Crippen MR) is 68.5 cm³/mol. The molecule has 0 atom stereocenters. The van der Waals surface area contributed by atoms with Gasteiger partial charge in [-0.25, -0.2) is 18.0 Å². The Morgan fingerprint density at radius 1 is 1.00 bits per heavy atom. The van der Waals surface area contributed by atoms with Crippen molar-refractivity contribution in [3.8, 4) is 0 Å². The number of nitrogens with zero attached hydrogens (tertiary/aromatic N) is 1. The third-order valence-corrected chi connectivity index (χ3v) is 2.45. The first-order chi connectivity index (χ1) is 8.14. The molecule has 1 amide bonds. The lowest BCUT2D eigenvalue weighted by atomic mass is 9.98. The summed E-state index contributed by atoms with van der Waals surface area (Å²) in [5.41, 5.74) is -1.86. The zero-order valence-corrected chi connectivity index (χ0v) is 13.1. The Morgan fingerprint density at radius 3 is 1.68 bits per heavy atom. The zero-order valence-electron chi connectivity index (χ0n) is 12.3. The van der Waals surface area contributed by atoms with Gasteiger partial charge < -0.3 is 9.57 Å². The van der Waals surface area contributed by atoms with Crippen LogP contribution in [0.25, 0.3) is 0 Å². The molecule has 7 nitrogen and oxygen atoms in total. The van der Waals surface area contributed by atoms with E-state index in [1.54, 1.807) is 20.8 Å². The standard InChI is InChI=1S/C11H21NO6S/c1-10(2,3)8(13)18-12(19(7,15)16)9(14)17-11(4,5)6/h1-7H3. The molecule has 0 unspecified atom stereocenters. The van der Waals surface area contributed by atoms with Crippen molar-refractivity contribution in [1.29, 1.82) is 0 Å². The average molecular weight is 295 g/mol. The molecule has 0 rings (SSSR count). The Kier molecular flexibility index (Phi) is 4.99. The second-order valence-electron chi connectivity index (χ2n) is 6.10. The number of hydrogen-bond donors (Lipinski definition) is 0. The summed E-state index contributed by atoms with van der Waals surface area (Å²) >= 11 is 0. The fraction of sp³-hybridized carbons (Fsp3) is 0.818. The van der Waals surface area contributed by atoms with Gasteiger partial charge in [-0.3, -0.25) is 0 Å². The van der Waals surface area contributed by atoms with Crippen LogP contribution in [0, 0.1) is 5.41 Å². The van der Waals surface area contributed by atoms with E-state index in [1.165, 1.54) is 20.8 Å². The first-order valence-electron chi connectivity index (χ1n) is 5.60. The number of sulfonamides is 1. The van der Waals surface area contributed by atoms with Crippen LogP contribution in [0.5, 0.6) is 0 Å². The van der Waals surface area contributed by atoms with Crippen LogP contribution in [0.2, 0.25) is 0 Å². The Hall–Kier alpha value is -1.31. The second-order valence-corrected chi connectivity index (χ2v) is 7.90. The smallest absolute Gasteiger partial charge is 0.441 e. The van der Waals surface area contributed by atoms with Crippen LogP contribution in [-0.2, 0) is 24.4 Å². The first-order valence-corrected chi connectivity index (χ1v) is 7.45. The number of carbonyl (C=O) groups excluding carboxylic acids is 2. The summed E-state index contributed by atoms with van der Waals surface area (Å²) in [6, 6.07) is 0. The predicted octanol–water partition coefficient (Wildman–Crippen LogP) is 1.69. The molecule has 112 valence electrons. The maximum Gasteiger partial charge on any atom is 0.458 e. The topological polar surface area (TPSA) is 90.0 Å². The highest BCUT2D eigenvalue weighted by molar-refractivity contribution is 7.88. The number of hydrogen-bond acceptors (Lipinski definition) is 6. The van der Waals surface area contributed by atoms with Gasteiger partial charge in [0, 0.05) is 0 Å². The summed E-state index contributed by atoms with van der Waals surface area (Å²) in [6.07, 6.45) is -0.514. The zero-order chi connectivity index (χ0) is 15.6. The molecular formula is C11H21NO6S. The molecule has 0 bridgehead atoms. The monoisotopic (exact) mass is 295 g/mol. The largest absolute Gasteiger partial charge is 0.458 e. The molecule has 0 radical (unpaired) electrons. The molecule has 0 heterocycles. The molecule has 0 aromatic carbocycles. The van der Waals surface area contributed by atoms with E-state index < -0.39 is 33.1 Å². The highest BCUT2D eigenvalue weighted by Gasteiger charge is 2.36. The minimum atomic E-state index is -4.08. The molecule has 8 heteroatoms. The van der Waals surface area contributed by atoms with Crippen molar-refractivity contribution in [3.05, 3.63) is 0 Å². The van der Waals surface area contributed by atoms with Gasteiger partial charge in [-0.1, -0.05) is 0 Å². The molecule has 19 heavy (non-hydrogen) atoms. The van der Waals surface area contributed by atoms with Crippen LogP contribution in [0.3, 0.4) is 0 Å². The molecule has 0 spiro atoms. The quantitative estimate of drug-likeness (QED) is 0.684. The van der Waals surface area contributed by atoms with E-state index in [9.17, 15) is 18.0 Å². The van der Waals surface area contributed by atoms with E-state index in [4.69, 9.17) is 4.74 Å². The lowest BCUT2D eigenvalue weighted by Crippen LogP contribution is -2.43. The number of carbonyl (C=O) groups is 2. The maximum absolute atomic E-state index is 11.7. The third kappa shape index (κ3) is 6.42. The van der Waals surface area contributed by atoms with Crippen molar-refractivity contribution >= 4 is 22.1 Å². The van der Waals surface area contributed by atoms with Crippen LogP contribution in [-0.4, -0.2) is 36.8 Å². The molecular weight excluding hydrogens is 274 g/mol. The van der Waals surface area contributed by atoms with Crippen LogP contribution in [0.1, 0.15) is 41.5 Å². The molecule has 0 aliphatic heterocycles. The van der Waals surface area contributed by atoms with Crippen LogP contribution in [0.4, 0.5) is 4.79 Å². The lowest BCUT2D eigenvalue weighted by Gasteiger charge is -2.26. The fourth-order valence-corrected chi connectivity index (χ4v) is 1.26. The van der Waals surface area contributed by atoms with Crippen molar-refractivity contribution in [2.45, 2.75) is 47.1 Å². The number of rotatable bonds is 1. The van der Waals surface area contributed by atoms with Gasteiger partial charge in [0.1, 0.15) is 5.60 Å². The molecule has 0 aliphatic carbocycles. The van der Waals surface area contributed by atoms with E-state index >= 15 is 0 Å². The van der Waals surface area contributed by atoms with Crippen LogP contribution in [0.15, 0.2) is 0 Å². The molecule has 0 fully saturated rings. The van der Waals surface area contributed by atoms with Crippen LogP contribution < -0.4 is 0 Å². The van der Waals surface area contributed by atoms with E-state index in [0.29, 0.717) is 0 Å². The summed E-state index contributed by atoms with van der Waals surface area (Å²) in [4.78, 5) is 28.0. The Labute approximate surface area is 113 Å². The molecule has 0 aromatic heterocycles. The van der Waals surface area contributed by atoms with Gasteiger partial charge in [0.15, 0.2) is 0 Å². The highest BCUT2D eigenvalue weighted by Crippen LogP contribution is 2.19. The molecule has 0 aromatic rings. The van der Waals surface area contributed by atoms with Crippen LogP contribution >= 0.6 is 0 Å². The van der Waals surface area contributed by atoms with Gasteiger partial charge in [0.2, 0.25) is 0 Å². The minimum Gasteiger partial charge on any atom is -0.441 e. The summed E-state index contributed by atoms with van der Waals surface area (Å²) in [5, 5.41) is 0.